The van der Waals surface area contributed by atoms with E-state index < -0.39 is 0 Å². The Balaban J connectivity index is 2.09. The minimum absolute atomic E-state index is 0.0810. The zero-order valence-electron chi connectivity index (χ0n) is 11.9. The number of hydrogen-bond acceptors (Lipinski definition) is 5. The highest BCUT2D eigenvalue weighted by Crippen LogP contribution is 2.19. The topological polar surface area (TPSA) is 74.5 Å². The first-order chi connectivity index (χ1) is 9.49. The Morgan fingerprint density at radius 2 is 1.95 bits per heavy atom. The summed E-state index contributed by atoms with van der Waals surface area (Å²) in [6.45, 7) is 6.83. The zero-order valence-corrected chi connectivity index (χ0v) is 11.9. The molecule has 0 spiro atoms. The molecule has 20 heavy (non-hydrogen) atoms. The third kappa shape index (κ3) is 3.51. The molecule has 0 aliphatic rings. The van der Waals surface area contributed by atoms with Crippen molar-refractivity contribution in [1.29, 1.82) is 5.26 Å². The summed E-state index contributed by atoms with van der Waals surface area (Å²) in [4.78, 5) is 12.7. The standard InChI is InChI=1S/C15H17N5/c1-15(2,3)14-18-7-5-13(20-14)19-10-11-4-6-17-12(8-11)9-16/h4-8H,10H2,1-3H3,(H,18,19,20). The molecule has 0 aliphatic carbocycles. The lowest BCUT2D eigenvalue weighted by atomic mass is 9.96. The fourth-order valence-electron chi connectivity index (χ4n) is 1.66. The van der Waals surface area contributed by atoms with Crippen molar-refractivity contribution in [2.75, 3.05) is 5.32 Å². The minimum atomic E-state index is -0.0810. The van der Waals surface area contributed by atoms with Crippen LogP contribution in [0.4, 0.5) is 5.82 Å². The molecule has 0 aliphatic heterocycles. The Kier molecular flexibility index (Phi) is 3.94. The first-order valence-corrected chi connectivity index (χ1v) is 6.41. The van der Waals surface area contributed by atoms with E-state index in [9.17, 15) is 0 Å². The number of rotatable bonds is 3. The van der Waals surface area contributed by atoms with Crippen LogP contribution in [-0.2, 0) is 12.0 Å². The highest BCUT2D eigenvalue weighted by atomic mass is 15.0. The second-order valence-corrected chi connectivity index (χ2v) is 5.53. The van der Waals surface area contributed by atoms with Crippen LogP contribution < -0.4 is 5.32 Å². The largest absolute Gasteiger partial charge is 0.366 e. The predicted octanol–water partition coefficient (Wildman–Crippen LogP) is 2.65. The normalized spacial score (nSPS) is 10.9. The number of aromatic nitrogens is 3. The molecular formula is C15H17N5. The van der Waals surface area contributed by atoms with Crippen LogP contribution in [0.3, 0.4) is 0 Å². The number of hydrogen-bond donors (Lipinski definition) is 1. The summed E-state index contributed by atoms with van der Waals surface area (Å²) < 4.78 is 0. The van der Waals surface area contributed by atoms with Crippen LogP contribution in [-0.4, -0.2) is 15.0 Å². The fraction of sp³-hybridized carbons (Fsp3) is 0.333. The monoisotopic (exact) mass is 267 g/mol. The molecule has 2 heterocycles. The maximum absolute atomic E-state index is 8.82. The summed E-state index contributed by atoms with van der Waals surface area (Å²) in [6, 6.07) is 7.50. The average Bonchev–Trinajstić information content (AvgIpc) is 2.45. The third-order valence-corrected chi connectivity index (χ3v) is 2.74. The number of pyridine rings is 1. The minimum Gasteiger partial charge on any atom is -0.366 e. The van der Waals surface area contributed by atoms with Gasteiger partial charge < -0.3 is 5.32 Å². The van der Waals surface area contributed by atoms with Gasteiger partial charge in [0, 0.05) is 24.4 Å². The van der Waals surface area contributed by atoms with Gasteiger partial charge in [-0.2, -0.15) is 5.26 Å². The van der Waals surface area contributed by atoms with E-state index in [-0.39, 0.29) is 5.41 Å². The number of nitrogens with one attached hydrogen (secondary N) is 1. The first kappa shape index (κ1) is 13.9. The van der Waals surface area contributed by atoms with Crippen LogP contribution in [0.1, 0.15) is 37.9 Å². The van der Waals surface area contributed by atoms with Gasteiger partial charge in [-0.1, -0.05) is 20.8 Å². The fourth-order valence-corrected chi connectivity index (χ4v) is 1.66. The SMILES string of the molecule is CC(C)(C)c1nccc(NCc2ccnc(C#N)c2)n1. The van der Waals surface area contributed by atoms with Gasteiger partial charge in [0.15, 0.2) is 0 Å². The highest BCUT2D eigenvalue weighted by molar-refractivity contribution is 5.36. The van der Waals surface area contributed by atoms with Gasteiger partial charge in [-0.25, -0.2) is 15.0 Å². The lowest BCUT2D eigenvalue weighted by molar-refractivity contribution is 0.546. The first-order valence-electron chi connectivity index (χ1n) is 6.41. The van der Waals surface area contributed by atoms with Gasteiger partial charge in [0.2, 0.25) is 0 Å². The Morgan fingerprint density at radius 1 is 1.20 bits per heavy atom. The third-order valence-electron chi connectivity index (χ3n) is 2.74. The summed E-state index contributed by atoms with van der Waals surface area (Å²) in [5.41, 5.74) is 1.33. The van der Waals surface area contributed by atoms with Crippen molar-refractivity contribution in [2.24, 2.45) is 0 Å². The molecule has 0 bridgehead atoms. The van der Waals surface area contributed by atoms with Gasteiger partial charge in [0.25, 0.3) is 0 Å². The molecule has 102 valence electrons. The van der Waals surface area contributed by atoms with Crippen LogP contribution in [0.25, 0.3) is 0 Å². The molecular weight excluding hydrogens is 250 g/mol. The molecule has 2 aromatic heterocycles. The van der Waals surface area contributed by atoms with Crippen LogP contribution in [0.5, 0.6) is 0 Å². The lowest BCUT2D eigenvalue weighted by Gasteiger charge is -2.17. The highest BCUT2D eigenvalue weighted by Gasteiger charge is 2.17. The molecule has 0 radical (unpaired) electrons. The Hall–Kier alpha value is -2.48. The Labute approximate surface area is 118 Å². The van der Waals surface area contributed by atoms with E-state index in [4.69, 9.17) is 5.26 Å². The summed E-state index contributed by atoms with van der Waals surface area (Å²) in [6.07, 6.45) is 3.39. The molecule has 0 saturated carbocycles. The number of nitriles is 1. The summed E-state index contributed by atoms with van der Waals surface area (Å²) >= 11 is 0. The van der Waals surface area contributed by atoms with Crippen molar-refractivity contribution >= 4 is 5.82 Å². The van der Waals surface area contributed by atoms with Gasteiger partial charge >= 0.3 is 0 Å². The van der Waals surface area contributed by atoms with Crippen LogP contribution in [0.2, 0.25) is 0 Å². The molecule has 5 heteroatoms. The summed E-state index contributed by atoms with van der Waals surface area (Å²) in [5, 5.41) is 12.1. The van der Waals surface area contributed by atoms with Gasteiger partial charge in [0.05, 0.1) is 0 Å². The quantitative estimate of drug-likeness (QED) is 0.925. The van der Waals surface area contributed by atoms with Crippen molar-refractivity contribution in [2.45, 2.75) is 32.7 Å². The Bertz CT molecular complexity index is 637. The van der Waals surface area contributed by atoms with Crippen molar-refractivity contribution < 1.29 is 0 Å². The van der Waals surface area contributed by atoms with E-state index in [1.165, 1.54) is 0 Å². The van der Waals surface area contributed by atoms with Gasteiger partial charge in [-0.15, -0.1) is 0 Å². The molecule has 0 unspecified atom stereocenters. The summed E-state index contributed by atoms with van der Waals surface area (Å²) in [7, 11) is 0. The van der Waals surface area contributed by atoms with E-state index in [0.29, 0.717) is 12.2 Å². The molecule has 0 saturated heterocycles. The lowest BCUT2D eigenvalue weighted by Crippen LogP contribution is -2.16. The molecule has 5 nitrogen and oxygen atoms in total. The number of anilines is 1. The second kappa shape index (κ2) is 5.66. The average molecular weight is 267 g/mol. The van der Waals surface area contributed by atoms with Crippen LogP contribution in [0, 0.1) is 11.3 Å². The zero-order chi connectivity index (χ0) is 14.6. The van der Waals surface area contributed by atoms with Crippen LogP contribution >= 0.6 is 0 Å². The van der Waals surface area contributed by atoms with E-state index >= 15 is 0 Å². The van der Waals surface area contributed by atoms with E-state index in [2.05, 4.69) is 41.0 Å². The molecule has 0 aromatic carbocycles. The predicted molar refractivity (Wildman–Crippen MR) is 77.0 cm³/mol. The van der Waals surface area contributed by atoms with E-state index in [0.717, 1.165) is 17.2 Å². The molecule has 0 fully saturated rings. The molecule has 2 aromatic rings. The molecule has 1 N–H and O–H groups in total. The maximum Gasteiger partial charge on any atom is 0.140 e. The van der Waals surface area contributed by atoms with E-state index in [1.807, 2.05) is 18.2 Å². The molecule has 0 atom stereocenters. The second-order valence-electron chi connectivity index (χ2n) is 5.53. The van der Waals surface area contributed by atoms with Crippen molar-refractivity contribution in [1.82, 2.24) is 15.0 Å². The smallest absolute Gasteiger partial charge is 0.140 e. The van der Waals surface area contributed by atoms with Gasteiger partial charge in [-0.05, 0) is 23.8 Å². The van der Waals surface area contributed by atoms with Gasteiger partial charge in [0.1, 0.15) is 23.4 Å². The summed E-state index contributed by atoms with van der Waals surface area (Å²) in [5.74, 6) is 1.58. The van der Waals surface area contributed by atoms with Crippen molar-refractivity contribution in [3.63, 3.8) is 0 Å². The molecule has 2 rings (SSSR count). The van der Waals surface area contributed by atoms with Gasteiger partial charge in [-0.3, -0.25) is 0 Å². The van der Waals surface area contributed by atoms with Crippen molar-refractivity contribution in [3.05, 3.63) is 47.7 Å². The maximum atomic E-state index is 8.82. The van der Waals surface area contributed by atoms with E-state index in [1.54, 1.807) is 18.5 Å². The van der Waals surface area contributed by atoms with Crippen LogP contribution in [0.15, 0.2) is 30.6 Å². The van der Waals surface area contributed by atoms with Crippen molar-refractivity contribution in [3.8, 4) is 6.07 Å². The molecule has 0 amide bonds. The Morgan fingerprint density at radius 3 is 2.65 bits per heavy atom. The number of nitrogens with zero attached hydrogens (tertiary/aromatic N) is 4.